The molecule has 0 radical (unpaired) electrons. The van der Waals surface area contributed by atoms with Crippen LogP contribution in [0.2, 0.25) is 0 Å². The topological polar surface area (TPSA) is 71.2 Å². The third-order valence-corrected chi connectivity index (χ3v) is 9.26. The molecule has 2 atom stereocenters. The molecule has 0 bridgehead atoms. The van der Waals surface area contributed by atoms with Gasteiger partial charge in [0.2, 0.25) is 0 Å². The zero-order valence-electron chi connectivity index (χ0n) is 29.7. The average molecular weight is 635 g/mol. The lowest BCUT2D eigenvalue weighted by molar-refractivity contribution is 0.153. The van der Waals surface area contributed by atoms with Crippen LogP contribution >= 0.6 is 0 Å². The predicted molar refractivity (Wildman–Crippen MR) is 196 cm³/mol. The highest BCUT2D eigenvalue weighted by Crippen LogP contribution is 2.31. The van der Waals surface area contributed by atoms with E-state index in [-0.39, 0.29) is 12.1 Å². The standard InChI is InChI=1S/C38H62N6O2/c1-7-9-11-13-26-43(37(45)39-33-18-22-35(23-19-33)41(3)4)29-31-16-15-17-32(28-31)30-44(27-14-12-10-8-2)38(46)40-34-20-24-36(25-21-34)42(5)6/h18-25,31-32H,7-17,26-30H2,1-6H3,(H,39,45)(H,40,46)/t31-,32+. The first kappa shape index (κ1) is 37.0. The van der Waals surface area contributed by atoms with Crippen molar-refractivity contribution < 1.29 is 9.59 Å². The van der Waals surface area contributed by atoms with Crippen LogP contribution in [0.4, 0.5) is 32.3 Å². The molecule has 0 aliphatic heterocycles. The first-order chi connectivity index (χ1) is 22.2. The van der Waals surface area contributed by atoms with Crippen LogP contribution in [0.1, 0.15) is 90.9 Å². The zero-order chi connectivity index (χ0) is 33.3. The maximum Gasteiger partial charge on any atom is 0.321 e. The van der Waals surface area contributed by atoms with E-state index in [9.17, 15) is 9.59 Å². The van der Waals surface area contributed by atoms with Crippen LogP contribution in [-0.4, -0.2) is 76.2 Å². The molecule has 46 heavy (non-hydrogen) atoms. The molecule has 0 aromatic heterocycles. The third-order valence-electron chi connectivity index (χ3n) is 9.26. The van der Waals surface area contributed by atoms with Crippen LogP contribution in [0.5, 0.6) is 0 Å². The molecular weight excluding hydrogens is 572 g/mol. The van der Waals surface area contributed by atoms with E-state index in [0.29, 0.717) is 11.8 Å². The average Bonchev–Trinajstić information content (AvgIpc) is 3.04. The van der Waals surface area contributed by atoms with Crippen molar-refractivity contribution in [3.8, 4) is 0 Å². The van der Waals surface area contributed by atoms with Gasteiger partial charge in [-0.25, -0.2) is 9.59 Å². The van der Waals surface area contributed by atoms with Gasteiger partial charge in [0, 0.05) is 77.1 Å². The Bertz CT molecular complexity index is 1060. The number of carbonyl (C=O) groups is 2. The molecule has 2 N–H and O–H groups in total. The zero-order valence-corrected chi connectivity index (χ0v) is 29.7. The molecule has 1 aliphatic rings. The number of urea groups is 2. The summed E-state index contributed by atoms with van der Waals surface area (Å²) in [4.78, 5) is 35.3. The largest absolute Gasteiger partial charge is 0.378 e. The molecule has 0 spiro atoms. The van der Waals surface area contributed by atoms with Crippen molar-refractivity contribution in [2.45, 2.75) is 90.9 Å². The van der Waals surface area contributed by atoms with E-state index in [1.165, 1.54) is 25.7 Å². The number of anilines is 4. The molecule has 2 aromatic rings. The minimum absolute atomic E-state index is 0.00608. The number of carbonyl (C=O) groups excluding carboxylic acids is 2. The molecule has 256 valence electrons. The highest BCUT2D eigenvalue weighted by atomic mass is 16.2. The van der Waals surface area contributed by atoms with Gasteiger partial charge in [0.05, 0.1) is 0 Å². The molecule has 1 saturated carbocycles. The lowest BCUT2D eigenvalue weighted by Gasteiger charge is -2.36. The molecule has 0 saturated heterocycles. The van der Waals surface area contributed by atoms with E-state index in [1.54, 1.807) is 0 Å². The minimum atomic E-state index is -0.00608. The van der Waals surface area contributed by atoms with Gasteiger partial charge in [-0.2, -0.15) is 0 Å². The van der Waals surface area contributed by atoms with Crippen molar-refractivity contribution in [3.05, 3.63) is 48.5 Å². The van der Waals surface area contributed by atoms with Gasteiger partial charge in [-0.1, -0.05) is 58.8 Å². The van der Waals surface area contributed by atoms with E-state index in [1.807, 2.05) is 76.7 Å². The Balaban J connectivity index is 1.64. The molecule has 8 heteroatoms. The number of unbranched alkanes of at least 4 members (excludes halogenated alkanes) is 6. The molecule has 1 fully saturated rings. The number of benzene rings is 2. The quantitative estimate of drug-likeness (QED) is 0.160. The number of hydrogen-bond acceptors (Lipinski definition) is 4. The van der Waals surface area contributed by atoms with Crippen molar-refractivity contribution >= 4 is 34.8 Å². The number of hydrogen-bond donors (Lipinski definition) is 2. The Morgan fingerprint density at radius 3 is 1.35 bits per heavy atom. The summed E-state index contributed by atoms with van der Waals surface area (Å²) in [6.07, 6.45) is 13.5. The van der Waals surface area contributed by atoms with Gasteiger partial charge < -0.3 is 30.2 Å². The molecule has 2 aromatic carbocycles. The normalized spacial score (nSPS) is 16.0. The monoisotopic (exact) mass is 634 g/mol. The second kappa shape index (κ2) is 20.0. The number of nitrogens with one attached hydrogen (secondary N) is 2. The van der Waals surface area contributed by atoms with Gasteiger partial charge in [0.15, 0.2) is 0 Å². The molecule has 3 rings (SSSR count). The van der Waals surface area contributed by atoms with Gasteiger partial charge in [0.1, 0.15) is 0 Å². The van der Waals surface area contributed by atoms with Crippen LogP contribution in [0.3, 0.4) is 0 Å². The van der Waals surface area contributed by atoms with Crippen LogP contribution in [0.15, 0.2) is 48.5 Å². The molecule has 8 nitrogen and oxygen atoms in total. The first-order valence-electron chi connectivity index (χ1n) is 17.9. The number of amides is 4. The van der Waals surface area contributed by atoms with Gasteiger partial charge >= 0.3 is 12.1 Å². The fourth-order valence-corrected chi connectivity index (χ4v) is 6.46. The first-order valence-corrected chi connectivity index (χ1v) is 17.9. The van der Waals surface area contributed by atoms with Gasteiger partial charge in [-0.05, 0) is 92.5 Å². The van der Waals surface area contributed by atoms with Crippen LogP contribution < -0.4 is 20.4 Å². The van der Waals surface area contributed by atoms with Crippen molar-refractivity contribution in [2.75, 3.05) is 74.8 Å². The predicted octanol–water partition coefficient (Wildman–Crippen LogP) is 9.15. The van der Waals surface area contributed by atoms with Crippen molar-refractivity contribution in [1.82, 2.24) is 9.80 Å². The molecular formula is C38H62N6O2. The summed E-state index contributed by atoms with van der Waals surface area (Å²) in [5.41, 5.74) is 3.88. The maximum atomic E-state index is 13.6. The fourth-order valence-electron chi connectivity index (χ4n) is 6.46. The molecule has 1 aliphatic carbocycles. The minimum Gasteiger partial charge on any atom is -0.378 e. The van der Waals surface area contributed by atoms with E-state index in [2.05, 4.69) is 44.1 Å². The van der Waals surface area contributed by atoms with Crippen molar-refractivity contribution in [1.29, 1.82) is 0 Å². The lowest BCUT2D eigenvalue weighted by Crippen LogP contribution is -2.43. The van der Waals surface area contributed by atoms with Crippen molar-refractivity contribution in [2.24, 2.45) is 11.8 Å². The van der Waals surface area contributed by atoms with Gasteiger partial charge in [0.25, 0.3) is 0 Å². The Labute approximate surface area is 279 Å². The Kier molecular flexibility index (Phi) is 16.1. The summed E-state index contributed by atoms with van der Waals surface area (Å²) in [7, 11) is 8.08. The second-order valence-corrected chi connectivity index (χ2v) is 13.7. The highest BCUT2D eigenvalue weighted by molar-refractivity contribution is 5.90. The second-order valence-electron chi connectivity index (χ2n) is 13.7. The highest BCUT2D eigenvalue weighted by Gasteiger charge is 2.28. The van der Waals surface area contributed by atoms with E-state index in [0.717, 1.165) is 100 Å². The summed E-state index contributed by atoms with van der Waals surface area (Å²) in [5.74, 6) is 0.880. The van der Waals surface area contributed by atoms with E-state index < -0.39 is 0 Å². The Morgan fingerprint density at radius 1 is 0.609 bits per heavy atom. The smallest absolute Gasteiger partial charge is 0.321 e. The molecule has 0 heterocycles. The van der Waals surface area contributed by atoms with Crippen LogP contribution in [0.25, 0.3) is 0 Å². The summed E-state index contributed by atoms with van der Waals surface area (Å²) < 4.78 is 0. The molecule has 4 amide bonds. The summed E-state index contributed by atoms with van der Waals surface area (Å²) in [6, 6.07) is 16.1. The maximum absolute atomic E-state index is 13.6. The van der Waals surface area contributed by atoms with Gasteiger partial charge in [-0.15, -0.1) is 0 Å². The van der Waals surface area contributed by atoms with Crippen LogP contribution in [-0.2, 0) is 0 Å². The van der Waals surface area contributed by atoms with E-state index >= 15 is 0 Å². The van der Waals surface area contributed by atoms with Gasteiger partial charge in [-0.3, -0.25) is 0 Å². The number of nitrogens with zero attached hydrogens (tertiary/aromatic N) is 4. The Morgan fingerprint density at radius 2 is 1.00 bits per heavy atom. The molecule has 0 unspecified atom stereocenters. The Hall–Kier alpha value is -3.42. The number of rotatable bonds is 18. The van der Waals surface area contributed by atoms with E-state index in [4.69, 9.17) is 0 Å². The summed E-state index contributed by atoms with van der Waals surface area (Å²) >= 11 is 0. The SMILES string of the molecule is CCCCCCN(C[C@@H]1CCC[C@H](CN(CCCCCC)C(=O)Nc2ccc(N(C)C)cc2)C1)C(=O)Nc1ccc(N(C)C)cc1. The third kappa shape index (κ3) is 12.8. The summed E-state index contributed by atoms with van der Waals surface area (Å²) in [6.45, 7) is 7.54. The van der Waals surface area contributed by atoms with Crippen LogP contribution in [0, 0.1) is 11.8 Å². The van der Waals surface area contributed by atoms with Crippen molar-refractivity contribution in [3.63, 3.8) is 0 Å². The summed E-state index contributed by atoms with van der Waals surface area (Å²) in [5, 5.41) is 6.34. The fraction of sp³-hybridized carbons (Fsp3) is 0.632. The lowest BCUT2D eigenvalue weighted by atomic mass is 9.80.